The number of carbonyl (C=O) groups excluding carboxylic acids is 1. The van der Waals surface area contributed by atoms with Gasteiger partial charge in [0.05, 0.1) is 27.7 Å². The molecule has 25 heavy (non-hydrogen) atoms. The highest BCUT2D eigenvalue weighted by atomic mass is 32.1. The van der Waals surface area contributed by atoms with E-state index in [1.54, 1.807) is 41.3 Å². The molecule has 1 amide bonds. The van der Waals surface area contributed by atoms with Gasteiger partial charge in [-0.05, 0) is 31.4 Å². The second-order valence-electron chi connectivity index (χ2n) is 5.51. The summed E-state index contributed by atoms with van der Waals surface area (Å²) in [6.07, 6.45) is 1.67. The van der Waals surface area contributed by atoms with Gasteiger partial charge in [-0.15, -0.1) is 11.3 Å². The van der Waals surface area contributed by atoms with Crippen LogP contribution in [-0.2, 0) is 6.54 Å². The lowest BCUT2D eigenvalue weighted by Crippen LogP contribution is -2.13. The molecule has 0 aliphatic heterocycles. The third-order valence-electron chi connectivity index (χ3n) is 3.80. The van der Waals surface area contributed by atoms with E-state index >= 15 is 0 Å². The minimum Gasteiger partial charge on any atom is -0.360 e. The van der Waals surface area contributed by atoms with E-state index in [-0.39, 0.29) is 5.91 Å². The van der Waals surface area contributed by atoms with Gasteiger partial charge in [0.2, 0.25) is 0 Å². The zero-order valence-electron chi connectivity index (χ0n) is 13.7. The van der Waals surface area contributed by atoms with Crippen LogP contribution in [0.1, 0.15) is 23.0 Å². The smallest absolute Gasteiger partial charge is 0.257 e. The largest absolute Gasteiger partial charge is 0.360 e. The molecule has 4 aromatic heterocycles. The van der Waals surface area contributed by atoms with Gasteiger partial charge in [-0.2, -0.15) is 5.10 Å². The van der Waals surface area contributed by atoms with E-state index in [0.29, 0.717) is 34.7 Å². The number of carbonyl (C=O) groups is 1. The number of anilines is 1. The molecule has 8 heteroatoms. The monoisotopic (exact) mass is 353 g/mol. The van der Waals surface area contributed by atoms with Crippen molar-refractivity contribution in [2.45, 2.75) is 20.4 Å². The van der Waals surface area contributed by atoms with Gasteiger partial charge in [-0.25, -0.2) is 9.67 Å². The molecule has 0 aliphatic rings. The maximum absolute atomic E-state index is 12.8. The summed E-state index contributed by atoms with van der Waals surface area (Å²) in [6.45, 7) is 4.44. The van der Waals surface area contributed by atoms with Crippen molar-refractivity contribution in [2.24, 2.45) is 0 Å². The van der Waals surface area contributed by atoms with Gasteiger partial charge in [0.1, 0.15) is 5.76 Å². The van der Waals surface area contributed by atoms with Crippen molar-refractivity contribution in [3.05, 3.63) is 47.2 Å². The Hall–Kier alpha value is -3.00. The van der Waals surface area contributed by atoms with Crippen molar-refractivity contribution in [3.63, 3.8) is 0 Å². The molecule has 0 aromatic carbocycles. The van der Waals surface area contributed by atoms with Gasteiger partial charge < -0.3 is 9.84 Å². The molecule has 0 atom stereocenters. The highest BCUT2D eigenvalue weighted by molar-refractivity contribution is 7.13. The highest BCUT2D eigenvalue weighted by Gasteiger charge is 2.18. The van der Waals surface area contributed by atoms with Crippen molar-refractivity contribution in [3.8, 4) is 10.6 Å². The maximum atomic E-state index is 12.8. The fourth-order valence-electron chi connectivity index (χ4n) is 2.63. The van der Waals surface area contributed by atoms with Crippen LogP contribution in [-0.4, -0.2) is 25.8 Å². The van der Waals surface area contributed by atoms with E-state index in [4.69, 9.17) is 9.51 Å². The fourth-order valence-corrected chi connectivity index (χ4v) is 3.31. The molecule has 1 N–H and O–H groups in total. The molecule has 7 nitrogen and oxygen atoms in total. The molecule has 0 bridgehead atoms. The number of thiophene rings is 1. The van der Waals surface area contributed by atoms with E-state index < -0.39 is 0 Å². The first kappa shape index (κ1) is 15.5. The highest BCUT2D eigenvalue weighted by Crippen LogP contribution is 2.28. The van der Waals surface area contributed by atoms with Gasteiger partial charge in [0.15, 0.2) is 11.5 Å². The lowest BCUT2D eigenvalue weighted by molar-refractivity contribution is 0.102. The van der Waals surface area contributed by atoms with Crippen molar-refractivity contribution in [2.75, 3.05) is 5.32 Å². The van der Waals surface area contributed by atoms with Gasteiger partial charge in [-0.1, -0.05) is 11.2 Å². The molecule has 4 heterocycles. The number of amides is 1. The van der Waals surface area contributed by atoms with Gasteiger partial charge in [0, 0.05) is 12.6 Å². The first-order valence-electron chi connectivity index (χ1n) is 7.81. The molecular formula is C17H15N5O2S. The lowest BCUT2D eigenvalue weighted by Gasteiger charge is -2.07. The van der Waals surface area contributed by atoms with Crippen LogP contribution in [0.15, 0.2) is 40.4 Å². The molecule has 0 unspecified atom stereocenters. The summed E-state index contributed by atoms with van der Waals surface area (Å²) < 4.78 is 6.78. The summed E-state index contributed by atoms with van der Waals surface area (Å²) in [6, 6.07) is 7.40. The van der Waals surface area contributed by atoms with E-state index in [2.05, 4.69) is 15.6 Å². The van der Waals surface area contributed by atoms with Crippen LogP contribution in [0.3, 0.4) is 0 Å². The second-order valence-corrected chi connectivity index (χ2v) is 6.45. The van der Waals surface area contributed by atoms with Crippen LogP contribution in [0.25, 0.3) is 21.6 Å². The predicted octanol–water partition coefficient (Wildman–Crippen LogP) is 3.73. The molecule has 0 saturated heterocycles. The van der Waals surface area contributed by atoms with Crippen molar-refractivity contribution < 1.29 is 9.32 Å². The zero-order valence-corrected chi connectivity index (χ0v) is 14.5. The second kappa shape index (κ2) is 6.14. The average molecular weight is 353 g/mol. The Balaban J connectivity index is 1.83. The topological polar surface area (TPSA) is 85.8 Å². The summed E-state index contributed by atoms with van der Waals surface area (Å²) in [5.74, 6) is 0.746. The van der Waals surface area contributed by atoms with Crippen LogP contribution < -0.4 is 5.32 Å². The zero-order chi connectivity index (χ0) is 17.4. The molecule has 0 spiro atoms. The molecule has 126 valence electrons. The Morgan fingerprint density at radius 1 is 1.40 bits per heavy atom. The molecule has 4 rings (SSSR count). The first-order chi connectivity index (χ1) is 12.2. The van der Waals surface area contributed by atoms with E-state index in [9.17, 15) is 4.79 Å². The summed E-state index contributed by atoms with van der Waals surface area (Å²) in [5, 5.41) is 13.6. The molecule has 0 fully saturated rings. The van der Waals surface area contributed by atoms with Crippen LogP contribution in [0.5, 0.6) is 0 Å². The number of fused-ring (bicyclic) bond motifs is 1. The Bertz CT molecular complexity index is 1050. The minimum atomic E-state index is -0.269. The van der Waals surface area contributed by atoms with Crippen LogP contribution >= 0.6 is 11.3 Å². The normalized spacial score (nSPS) is 11.1. The van der Waals surface area contributed by atoms with Crippen molar-refractivity contribution in [1.29, 1.82) is 0 Å². The third-order valence-corrected chi connectivity index (χ3v) is 4.69. The molecule has 0 radical (unpaired) electrons. The summed E-state index contributed by atoms with van der Waals surface area (Å²) in [5.41, 5.74) is 1.95. The van der Waals surface area contributed by atoms with Gasteiger partial charge >= 0.3 is 0 Å². The van der Waals surface area contributed by atoms with Crippen molar-refractivity contribution in [1.82, 2.24) is 19.9 Å². The Labute approximate surface area is 147 Å². The third kappa shape index (κ3) is 2.80. The fraction of sp³-hybridized carbons (Fsp3) is 0.176. The first-order valence-corrected chi connectivity index (χ1v) is 8.68. The quantitative estimate of drug-likeness (QED) is 0.604. The Morgan fingerprint density at radius 3 is 2.96 bits per heavy atom. The van der Waals surface area contributed by atoms with Gasteiger partial charge in [-0.3, -0.25) is 4.79 Å². The molecule has 0 saturated carbocycles. The number of pyridine rings is 1. The maximum Gasteiger partial charge on any atom is 0.257 e. The number of hydrogen-bond acceptors (Lipinski definition) is 6. The molecule has 0 aliphatic carbocycles. The number of aryl methyl sites for hydroxylation is 2. The number of rotatable bonds is 4. The number of nitrogens with one attached hydrogen (secondary N) is 1. The lowest BCUT2D eigenvalue weighted by atomic mass is 10.1. The number of aromatic nitrogens is 4. The van der Waals surface area contributed by atoms with Crippen LogP contribution in [0.2, 0.25) is 0 Å². The summed E-state index contributed by atoms with van der Waals surface area (Å²) in [4.78, 5) is 18.5. The van der Waals surface area contributed by atoms with E-state index in [1.165, 1.54) is 0 Å². The SMILES string of the molecule is CCn1ncc2c(C(=O)Nc3cc(C)on3)cc(-c3cccs3)nc21. The van der Waals surface area contributed by atoms with E-state index in [0.717, 1.165) is 10.6 Å². The molecular weight excluding hydrogens is 338 g/mol. The Kier molecular flexibility index (Phi) is 3.81. The number of nitrogens with zero attached hydrogens (tertiary/aromatic N) is 4. The number of hydrogen-bond donors (Lipinski definition) is 1. The van der Waals surface area contributed by atoms with Crippen molar-refractivity contribution >= 4 is 34.1 Å². The Morgan fingerprint density at radius 2 is 2.28 bits per heavy atom. The van der Waals surface area contributed by atoms with Gasteiger partial charge in [0.25, 0.3) is 5.91 Å². The summed E-state index contributed by atoms with van der Waals surface area (Å²) >= 11 is 1.58. The summed E-state index contributed by atoms with van der Waals surface area (Å²) in [7, 11) is 0. The van der Waals surface area contributed by atoms with Crippen LogP contribution in [0.4, 0.5) is 5.82 Å². The standard InChI is InChI=1S/C17H15N5O2S/c1-3-22-16-12(9-18-22)11(8-13(19-16)14-5-4-6-25-14)17(23)20-15-7-10(2)24-21-15/h4-9H,3H2,1-2H3,(H,20,21,23). The van der Waals surface area contributed by atoms with Crippen LogP contribution in [0, 0.1) is 6.92 Å². The average Bonchev–Trinajstić information content (AvgIpc) is 3.34. The van der Waals surface area contributed by atoms with E-state index in [1.807, 2.05) is 24.4 Å². The predicted molar refractivity (Wildman–Crippen MR) is 95.7 cm³/mol. The minimum absolute atomic E-state index is 0.269. The molecule has 4 aromatic rings.